The molecule has 4 amide bonds. The standard InChI is InChI=1S/C21H30N4O3/c1-3-15-8-10-21(11-9-15)19(27)25(20(28)24-21)14-18(26)23-17-7-5-6-16(12-17)13-22-4-2/h5-7,12,15,22H,3-4,8-11,13-14H2,1-2H3,(H,23,26)(H,24,28). The smallest absolute Gasteiger partial charge is 0.325 e. The number of benzene rings is 1. The average Bonchev–Trinajstić information content (AvgIpc) is 2.91. The van der Waals surface area contributed by atoms with Crippen molar-refractivity contribution in [3.05, 3.63) is 29.8 Å². The van der Waals surface area contributed by atoms with E-state index in [2.05, 4.69) is 22.9 Å². The van der Waals surface area contributed by atoms with Gasteiger partial charge in [0.2, 0.25) is 5.91 Å². The maximum absolute atomic E-state index is 12.9. The van der Waals surface area contributed by atoms with Crippen molar-refractivity contribution < 1.29 is 14.4 Å². The van der Waals surface area contributed by atoms with Gasteiger partial charge in [0.1, 0.15) is 12.1 Å². The van der Waals surface area contributed by atoms with Crippen molar-refractivity contribution in [2.24, 2.45) is 5.92 Å². The lowest BCUT2D eigenvalue weighted by atomic mass is 9.75. The highest BCUT2D eigenvalue weighted by Gasteiger charge is 2.52. The first-order valence-corrected chi connectivity index (χ1v) is 10.2. The molecule has 1 aromatic carbocycles. The summed E-state index contributed by atoms with van der Waals surface area (Å²) in [5.74, 6) is -0.0198. The van der Waals surface area contributed by atoms with Crippen LogP contribution >= 0.6 is 0 Å². The number of anilines is 1. The summed E-state index contributed by atoms with van der Waals surface area (Å²) >= 11 is 0. The Morgan fingerprint density at radius 2 is 2.00 bits per heavy atom. The van der Waals surface area contributed by atoms with E-state index in [1.807, 2.05) is 25.1 Å². The fourth-order valence-corrected chi connectivity index (χ4v) is 4.11. The average molecular weight is 386 g/mol. The zero-order chi connectivity index (χ0) is 20.1. The Hall–Kier alpha value is -2.41. The van der Waals surface area contributed by atoms with Crippen molar-refractivity contribution in [3.63, 3.8) is 0 Å². The van der Waals surface area contributed by atoms with E-state index in [0.29, 0.717) is 31.0 Å². The fourth-order valence-electron chi connectivity index (χ4n) is 4.11. The highest BCUT2D eigenvalue weighted by Crippen LogP contribution is 2.37. The molecule has 1 aromatic rings. The number of amides is 4. The number of hydrogen-bond acceptors (Lipinski definition) is 4. The van der Waals surface area contributed by atoms with Crippen molar-refractivity contribution in [2.45, 2.75) is 58.0 Å². The Kier molecular flexibility index (Phi) is 6.34. The minimum atomic E-state index is -0.811. The molecule has 1 saturated carbocycles. The van der Waals surface area contributed by atoms with Gasteiger partial charge in [0.15, 0.2) is 0 Å². The lowest BCUT2D eigenvalue weighted by Crippen LogP contribution is -2.49. The highest BCUT2D eigenvalue weighted by atomic mass is 16.2. The van der Waals surface area contributed by atoms with E-state index in [-0.39, 0.29) is 18.4 Å². The second-order valence-electron chi connectivity index (χ2n) is 7.78. The van der Waals surface area contributed by atoms with Crippen molar-refractivity contribution in [3.8, 4) is 0 Å². The summed E-state index contributed by atoms with van der Waals surface area (Å²) in [6.07, 6.45) is 4.26. The van der Waals surface area contributed by atoms with Crippen LogP contribution in [0.3, 0.4) is 0 Å². The molecule has 7 heteroatoms. The summed E-state index contributed by atoms with van der Waals surface area (Å²) in [7, 11) is 0. The molecule has 0 atom stereocenters. The molecule has 3 rings (SSSR count). The molecule has 0 radical (unpaired) electrons. The summed E-state index contributed by atoms with van der Waals surface area (Å²) in [6, 6.07) is 7.08. The molecule has 1 spiro atoms. The minimum absolute atomic E-state index is 0.261. The van der Waals surface area contributed by atoms with E-state index in [9.17, 15) is 14.4 Å². The van der Waals surface area contributed by atoms with E-state index in [4.69, 9.17) is 0 Å². The number of urea groups is 1. The molecule has 3 N–H and O–H groups in total. The number of carbonyl (C=O) groups excluding carboxylic acids is 3. The normalized spacial score (nSPS) is 24.5. The van der Waals surface area contributed by atoms with Gasteiger partial charge in [0, 0.05) is 12.2 Å². The second-order valence-corrected chi connectivity index (χ2v) is 7.78. The van der Waals surface area contributed by atoms with Crippen LogP contribution in [0.4, 0.5) is 10.5 Å². The molecule has 1 aliphatic heterocycles. The monoisotopic (exact) mass is 386 g/mol. The van der Waals surface area contributed by atoms with E-state index in [0.717, 1.165) is 36.3 Å². The van der Waals surface area contributed by atoms with E-state index >= 15 is 0 Å². The Labute approximate surface area is 166 Å². The van der Waals surface area contributed by atoms with Gasteiger partial charge < -0.3 is 16.0 Å². The summed E-state index contributed by atoms with van der Waals surface area (Å²) < 4.78 is 0. The van der Waals surface area contributed by atoms with Crippen LogP contribution in [0.1, 0.15) is 51.5 Å². The number of hydrogen-bond donors (Lipinski definition) is 3. The maximum Gasteiger partial charge on any atom is 0.325 e. The van der Waals surface area contributed by atoms with Gasteiger partial charge in [-0.15, -0.1) is 0 Å². The lowest BCUT2D eigenvalue weighted by molar-refractivity contribution is -0.135. The second kappa shape index (κ2) is 8.73. The van der Waals surface area contributed by atoms with Crippen molar-refractivity contribution in [1.82, 2.24) is 15.5 Å². The predicted molar refractivity (Wildman–Crippen MR) is 108 cm³/mol. The minimum Gasteiger partial charge on any atom is -0.325 e. The first-order chi connectivity index (χ1) is 13.5. The van der Waals surface area contributed by atoms with Crippen LogP contribution in [0.2, 0.25) is 0 Å². The number of imide groups is 1. The van der Waals surface area contributed by atoms with E-state index in [1.54, 1.807) is 6.07 Å². The molecular weight excluding hydrogens is 356 g/mol. The topological polar surface area (TPSA) is 90.5 Å². The summed E-state index contributed by atoms with van der Waals surface area (Å²) in [5, 5.41) is 8.90. The first-order valence-electron chi connectivity index (χ1n) is 10.2. The van der Waals surface area contributed by atoms with Crippen molar-refractivity contribution in [1.29, 1.82) is 0 Å². The number of nitrogens with zero attached hydrogens (tertiary/aromatic N) is 1. The maximum atomic E-state index is 12.9. The van der Waals surface area contributed by atoms with Gasteiger partial charge in [-0.05, 0) is 55.8 Å². The lowest BCUT2D eigenvalue weighted by Gasteiger charge is -2.34. The van der Waals surface area contributed by atoms with Crippen LogP contribution in [0.5, 0.6) is 0 Å². The predicted octanol–water partition coefficient (Wildman–Crippen LogP) is 2.63. The van der Waals surface area contributed by atoms with Crippen LogP contribution in [0, 0.1) is 5.92 Å². The molecule has 1 aliphatic carbocycles. The van der Waals surface area contributed by atoms with Crippen LogP contribution < -0.4 is 16.0 Å². The third-order valence-corrected chi connectivity index (χ3v) is 5.87. The van der Waals surface area contributed by atoms with Gasteiger partial charge in [-0.3, -0.25) is 14.5 Å². The van der Waals surface area contributed by atoms with E-state index < -0.39 is 11.6 Å². The Morgan fingerprint density at radius 3 is 2.68 bits per heavy atom. The summed E-state index contributed by atoms with van der Waals surface area (Å²) in [4.78, 5) is 38.8. The van der Waals surface area contributed by atoms with Gasteiger partial charge >= 0.3 is 6.03 Å². The van der Waals surface area contributed by atoms with Gasteiger partial charge in [-0.1, -0.05) is 32.4 Å². The molecule has 2 fully saturated rings. The molecule has 2 aliphatic rings. The Bertz CT molecular complexity index is 741. The largest absolute Gasteiger partial charge is 0.325 e. The fraction of sp³-hybridized carbons (Fsp3) is 0.571. The zero-order valence-electron chi connectivity index (χ0n) is 16.7. The van der Waals surface area contributed by atoms with Gasteiger partial charge in [-0.25, -0.2) is 4.79 Å². The number of nitrogens with one attached hydrogen (secondary N) is 3. The number of carbonyl (C=O) groups is 3. The molecule has 7 nitrogen and oxygen atoms in total. The molecule has 0 bridgehead atoms. The van der Waals surface area contributed by atoms with Crippen LogP contribution in [0.15, 0.2) is 24.3 Å². The van der Waals surface area contributed by atoms with Crippen molar-refractivity contribution >= 4 is 23.5 Å². The van der Waals surface area contributed by atoms with Crippen LogP contribution in [0.25, 0.3) is 0 Å². The quantitative estimate of drug-likeness (QED) is 0.629. The Morgan fingerprint density at radius 1 is 1.25 bits per heavy atom. The first kappa shape index (κ1) is 20.3. The molecule has 28 heavy (non-hydrogen) atoms. The van der Waals surface area contributed by atoms with Crippen LogP contribution in [-0.4, -0.2) is 41.4 Å². The molecule has 1 saturated heterocycles. The SMILES string of the molecule is CCNCc1cccc(NC(=O)CN2C(=O)NC3(CCC(CC)CC3)C2=O)c1. The summed E-state index contributed by atoms with van der Waals surface area (Å²) in [6.45, 7) is 5.51. The van der Waals surface area contributed by atoms with Crippen molar-refractivity contribution in [2.75, 3.05) is 18.4 Å². The highest BCUT2D eigenvalue weighted by molar-refractivity contribution is 6.10. The van der Waals surface area contributed by atoms with Gasteiger partial charge in [0.05, 0.1) is 0 Å². The zero-order valence-corrected chi connectivity index (χ0v) is 16.7. The van der Waals surface area contributed by atoms with Gasteiger partial charge in [0.25, 0.3) is 5.91 Å². The third-order valence-electron chi connectivity index (χ3n) is 5.87. The van der Waals surface area contributed by atoms with Gasteiger partial charge in [-0.2, -0.15) is 0 Å². The molecule has 0 aromatic heterocycles. The molecular formula is C21H30N4O3. The molecule has 1 heterocycles. The summed E-state index contributed by atoms with van der Waals surface area (Å²) in [5.41, 5.74) is 0.904. The Balaban J connectivity index is 1.60. The van der Waals surface area contributed by atoms with Crippen LogP contribution in [-0.2, 0) is 16.1 Å². The molecule has 152 valence electrons. The number of rotatable bonds is 7. The van der Waals surface area contributed by atoms with E-state index in [1.165, 1.54) is 0 Å². The molecule has 0 unspecified atom stereocenters. The third kappa shape index (κ3) is 4.35.